The molecule has 4 heteroatoms. The monoisotopic (exact) mass is 310 g/mol. The average Bonchev–Trinajstić information content (AvgIpc) is 3.44. The first-order chi connectivity index (χ1) is 11.3. The molecule has 0 heterocycles. The number of rotatable bonds is 6. The Kier molecular flexibility index (Phi) is 4.93. The number of hydrogen-bond donors (Lipinski definition) is 3. The molecule has 0 aliphatic heterocycles. The Balaban J connectivity index is 1.60. The standard InChI is InChI=1S/C19H22N2O2/c22-13-17-9-5-4-8-16(17)12-20-19(23)21-18(15-10-11-15)14-6-2-1-3-7-14/h1-9,15,18,22H,10-13H2,(H2,20,21,23). The van der Waals surface area contributed by atoms with Gasteiger partial charge >= 0.3 is 6.03 Å². The van der Waals surface area contributed by atoms with Crippen LogP contribution in [0.25, 0.3) is 0 Å². The molecular formula is C19H22N2O2. The third kappa shape index (κ3) is 4.11. The van der Waals surface area contributed by atoms with Crippen molar-refractivity contribution in [3.63, 3.8) is 0 Å². The van der Waals surface area contributed by atoms with E-state index in [1.807, 2.05) is 42.5 Å². The predicted molar refractivity (Wildman–Crippen MR) is 89.6 cm³/mol. The highest BCUT2D eigenvalue weighted by atomic mass is 16.3. The van der Waals surface area contributed by atoms with Gasteiger partial charge in [0.1, 0.15) is 0 Å². The van der Waals surface area contributed by atoms with Crippen molar-refractivity contribution in [3.8, 4) is 0 Å². The molecule has 1 aliphatic carbocycles. The van der Waals surface area contributed by atoms with Crippen molar-refractivity contribution < 1.29 is 9.90 Å². The summed E-state index contributed by atoms with van der Waals surface area (Å²) < 4.78 is 0. The van der Waals surface area contributed by atoms with E-state index in [4.69, 9.17) is 0 Å². The summed E-state index contributed by atoms with van der Waals surface area (Å²) in [6.07, 6.45) is 2.32. The van der Waals surface area contributed by atoms with Crippen molar-refractivity contribution in [2.45, 2.75) is 32.0 Å². The first-order valence-corrected chi connectivity index (χ1v) is 8.05. The Morgan fingerprint density at radius 2 is 1.70 bits per heavy atom. The number of nitrogens with one attached hydrogen (secondary N) is 2. The number of urea groups is 1. The van der Waals surface area contributed by atoms with Gasteiger partial charge in [-0.1, -0.05) is 54.6 Å². The van der Waals surface area contributed by atoms with Crippen LogP contribution in [0, 0.1) is 5.92 Å². The van der Waals surface area contributed by atoms with Crippen LogP contribution in [0.4, 0.5) is 4.79 Å². The molecule has 3 rings (SSSR count). The van der Waals surface area contributed by atoms with Gasteiger partial charge in [0.25, 0.3) is 0 Å². The molecule has 1 saturated carbocycles. The molecule has 120 valence electrons. The maximum atomic E-state index is 12.2. The van der Waals surface area contributed by atoms with Crippen molar-refractivity contribution in [1.82, 2.24) is 10.6 Å². The Hall–Kier alpha value is -2.33. The molecule has 2 aromatic rings. The van der Waals surface area contributed by atoms with E-state index in [0.29, 0.717) is 12.5 Å². The van der Waals surface area contributed by atoms with Crippen LogP contribution in [0.5, 0.6) is 0 Å². The summed E-state index contributed by atoms with van der Waals surface area (Å²) in [4.78, 5) is 12.2. The SMILES string of the molecule is O=C(NCc1ccccc1CO)NC(c1ccccc1)C1CC1. The van der Waals surface area contributed by atoms with Crippen LogP contribution in [0.15, 0.2) is 54.6 Å². The van der Waals surface area contributed by atoms with Crippen LogP contribution < -0.4 is 10.6 Å². The normalized spacial score (nSPS) is 15.0. The van der Waals surface area contributed by atoms with E-state index in [1.54, 1.807) is 0 Å². The summed E-state index contributed by atoms with van der Waals surface area (Å²) >= 11 is 0. The number of amides is 2. The van der Waals surface area contributed by atoms with E-state index in [0.717, 1.165) is 29.5 Å². The van der Waals surface area contributed by atoms with E-state index in [9.17, 15) is 9.90 Å². The quantitative estimate of drug-likeness (QED) is 0.767. The number of carbonyl (C=O) groups excluding carboxylic acids is 1. The van der Waals surface area contributed by atoms with Gasteiger partial charge in [-0.25, -0.2) is 4.79 Å². The zero-order chi connectivity index (χ0) is 16.1. The van der Waals surface area contributed by atoms with Crippen molar-refractivity contribution in [2.24, 2.45) is 5.92 Å². The van der Waals surface area contributed by atoms with Crippen LogP contribution in [0.3, 0.4) is 0 Å². The number of hydrogen-bond acceptors (Lipinski definition) is 2. The molecule has 0 saturated heterocycles. The van der Waals surface area contributed by atoms with Gasteiger partial charge in [-0.05, 0) is 35.4 Å². The highest BCUT2D eigenvalue weighted by Gasteiger charge is 2.33. The Morgan fingerprint density at radius 3 is 2.35 bits per heavy atom. The van der Waals surface area contributed by atoms with Gasteiger partial charge in [-0.15, -0.1) is 0 Å². The van der Waals surface area contributed by atoms with E-state index < -0.39 is 0 Å². The van der Waals surface area contributed by atoms with Gasteiger partial charge in [0, 0.05) is 6.54 Å². The van der Waals surface area contributed by atoms with Gasteiger partial charge in [0.05, 0.1) is 12.6 Å². The Bertz CT molecular complexity index is 653. The van der Waals surface area contributed by atoms with Gasteiger partial charge in [0.2, 0.25) is 0 Å². The molecule has 23 heavy (non-hydrogen) atoms. The maximum Gasteiger partial charge on any atom is 0.315 e. The van der Waals surface area contributed by atoms with Crippen molar-refractivity contribution in [3.05, 3.63) is 71.3 Å². The molecule has 3 N–H and O–H groups in total. The lowest BCUT2D eigenvalue weighted by atomic mass is 10.0. The molecule has 1 atom stereocenters. The van der Waals surface area contributed by atoms with Gasteiger partial charge in [-0.3, -0.25) is 0 Å². The molecule has 1 unspecified atom stereocenters. The zero-order valence-corrected chi connectivity index (χ0v) is 13.0. The van der Waals surface area contributed by atoms with Gasteiger partial charge < -0.3 is 15.7 Å². The average molecular weight is 310 g/mol. The summed E-state index contributed by atoms with van der Waals surface area (Å²) in [5.74, 6) is 0.535. The fourth-order valence-electron chi connectivity index (χ4n) is 2.82. The molecule has 0 radical (unpaired) electrons. The summed E-state index contributed by atoms with van der Waals surface area (Å²) in [6.45, 7) is 0.392. The van der Waals surface area contributed by atoms with Crippen LogP contribution in [-0.2, 0) is 13.2 Å². The minimum Gasteiger partial charge on any atom is -0.392 e. The second-order valence-corrected chi connectivity index (χ2v) is 5.98. The lowest BCUT2D eigenvalue weighted by Crippen LogP contribution is -2.38. The minimum absolute atomic E-state index is 0.0197. The highest BCUT2D eigenvalue weighted by Crippen LogP contribution is 2.40. The Labute approximate surface area is 136 Å². The molecule has 1 fully saturated rings. The second kappa shape index (κ2) is 7.29. The number of aliphatic hydroxyl groups excluding tert-OH is 1. The van der Waals surface area contributed by atoms with Crippen molar-refractivity contribution in [1.29, 1.82) is 0 Å². The molecule has 0 bridgehead atoms. The first kappa shape index (κ1) is 15.6. The largest absolute Gasteiger partial charge is 0.392 e. The predicted octanol–water partition coefficient (Wildman–Crippen LogP) is 3.13. The van der Waals surface area contributed by atoms with Crippen LogP contribution in [0.2, 0.25) is 0 Å². The van der Waals surface area contributed by atoms with Gasteiger partial charge in [-0.2, -0.15) is 0 Å². The third-order valence-electron chi connectivity index (χ3n) is 4.27. The molecule has 2 aromatic carbocycles. The zero-order valence-electron chi connectivity index (χ0n) is 13.0. The lowest BCUT2D eigenvalue weighted by molar-refractivity contribution is 0.235. The molecule has 0 aromatic heterocycles. The Morgan fingerprint density at radius 1 is 1.04 bits per heavy atom. The van der Waals surface area contributed by atoms with Crippen molar-refractivity contribution in [2.75, 3.05) is 0 Å². The minimum atomic E-state index is -0.168. The molecule has 1 aliphatic rings. The number of aliphatic hydroxyl groups is 1. The first-order valence-electron chi connectivity index (χ1n) is 8.05. The number of carbonyl (C=O) groups is 1. The highest BCUT2D eigenvalue weighted by molar-refractivity contribution is 5.74. The summed E-state index contributed by atoms with van der Waals surface area (Å²) in [6, 6.07) is 17.6. The summed E-state index contributed by atoms with van der Waals surface area (Å²) in [5, 5.41) is 15.3. The fourth-order valence-corrected chi connectivity index (χ4v) is 2.82. The molecule has 4 nitrogen and oxygen atoms in total. The summed E-state index contributed by atoms with van der Waals surface area (Å²) in [7, 11) is 0. The topological polar surface area (TPSA) is 61.4 Å². The second-order valence-electron chi connectivity index (χ2n) is 5.98. The van der Waals surface area contributed by atoms with Crippen molar-refractivity contribution >= 4 is 6.03 Å². The third-order valence-corrected chi connectivity index (χ3v) is 4.27. The molecule has 0 spiro atoms. The smallest absolute Gasteiger partial charge is 0.315 e. The maximum absolute atomic E-state index is 12.2. The van der Waals surface area contributed by atoms with E-state index in [1.165, 1.54) is 0 Å². The van der Waals surface area contributed by atoms with E-state index in [2.05, 4.69) is 22.8 Å². The van der Waals surface area contributed by atoms with E-state index in [-0.39, 0.29) is 18.7 Å². The fraction of sp³-hybridized carbons (Fsp3) is 0.316. The summed E-state index contributed by atoms with van der Waals surface area (Å²) in [5.41, 5.74) is 2.93. The van der Waals surface area contributed by atoms with Crippen LogP contribution >= 0.6 is 0 Å². The van der Waals surface area contributed by atoms with Crippen LogP contribution in [0.1, 0.15) is 35.6 Å². The lowest BCUT2D eigenvalue weighted by Gasteiger charge is -2.19. The van der Waals surface area contributed by atoms with Crippen LogP contribution in [-0.4, -0.2) is 11.1 Å². The molecule has 2 amide bonds. The van der Waals surface area contributed by atoms with E-state index >= 15 is 0 Å². The van der Waals surface area contributed by atoms with Gasteiger partial charge in [0.15, 0.2) is 0 Å². The molecular weight excluding hydrogens is 288 g/mol. The number of benzene rings is 2.